The number of hydrogen-bond donors (Lipinski definition) is 0. The Hall–Kier alpha value is -3.08. The predicted molar refractivity (Wildman–Crippen MR) is 95.0 cm³/mol. The molecule has 1 atom stereocenters. The van der Waals surface area contributed by atoms with Crippen LogP contribution in [-0.4, -0.2) is 19.9 Å². The lowest BCUT2D eigenvalue weighted by Gasteiger charge is -2.24. The van der Waals surface area contributed by atoms with Crippen LogP contribution < -0.4 is 19.1 Å². The lowest BCUT2D eigenvalue weighted by molar-refractivity contribution is 0.173. The van der Waals surface area contributed by atoms with Crippen molar-refractivity contribution >= 4 is 5.69 Å². The molecule has 0 bridgehead atoms. The van der Waals surface area contributed by atoms with Crippen LogP contribution in [-0.2, 0) is 12.0 Å². The van der Waals surface area contributed by atoms with Crippen molar-refractivity contribution in [1.82, 2.24) is 0 Å². The minimum Gasteiger partial charge on any atom is -0.492 e. The molecular formula is C21H17NO4. The fraction of sp³-hybridized carbons (Fsp3) is 0.238. The second-order valence-corrected chi connectivity index (χ2v) is 7.02. The molecule has 0 aliphatic carbocycles. The summed E-state index contributed by atoms with van der Waals surface area (Å²) in [5.74, 6) is 3.42. The van der Waals surface area contributed by atoms with Crippen molar-refractivity contribution in [2.24, 2.45) is 0 Å². The van der Waals surface area contributed by atoms with Gasteiger partial charge in [0.1, 0.15) is 18.1 Å². The minimum atomic E-state index is -0.195. The van der Waals surface area contributed by atoms with E-state index in [1.165, 1.54) is 16.8 Å². The first-order chi connectivity index (χ1) is 12.8. The highest BCUT2D eigenvalue weighted by Crippen LogP contribution is 2.54. The Morgan fingerprint density at radius 2 is 1.77 bits per heavy atom. The average molecular weight is 347 g/mol. The SMILES string of the molecule is c1coc(CN2CC3(COc4cc5c(cc43)OCO5)c3ccccc32)c1. The maximum atomic E-state index is 6.12. The van der Waals surface area contributed by atoms with Crippen LogP contribution in [0, 0.1) is 0 Å². The summed E-state index contributed by atoms with van der Waals surface area (Å²) in [7, 11) is 0. The zero-order chi connectivity index (χ0) is 17.1. The van der Waals surface area contributed by atoms with E-state index in [2.05, 4.69) is 35.2 Å². The highest BCUT2D eigenvalue weighted by atomic mass is 16.7. The van der Waals surface area contributed by atoms with Gasteiger partial charge in [-0.05, 0) is 29.8 Å². The van der Waals surface area contributed by atoms with Gasteiger partial charge >= 0.3 is 0 Å². The van der Waals surface area contributed by atoms with Crippen LogP contribution in [0.3, 0.4) is 0 Å². The van der Waals surface area contributed by atoms with Crippen molar-refractivity contribution in [3.05, 3.63) is 71.7 Å². The Bertz CT molecular complexity index is 997. The van der Waals surface area contributed by atoms with Gasteiger partial charge in [-0.1, -0.05) is 18.2 Å². The Labute approximate surface area is 150 Å². The lowest BCUT2D eigenvalue weighted by Crippen LogP contribution is -2.35. The number of nitrogens with zero attached hydrogens (tertiary/aromatic N) is 1. The van der Waals surface area contributed by atoms with Gasteiger partial charge in [-0.2, -0.15) is 0 Å². The topological polar surface area (TPSA) is 44.1 Å². The quantitative estimate of drug-likeness (QED) is 0.707. The van der Waals surface area contributed by atoms with Crippen molar-refractivity contribution < 1.29 is 18.6 Å². The van der Waals surface area contributed by atoms with E-state index in [-0.39, 0.29) is 12.2 Å². The molecule has 5 heteroatoms. The second kappa shape index (κ2) is 4.97. The number of anilines is 1. The number of benzene rings is 2. The Balaban J connectivity index is 1.48. The van der Waals surface area contributed by atoms with Gasteiger partial charge < -0.3 is 23.5 Å². The first kappa shape index (κ1) is 14.1. The van der Waals surface area contributed by atoms with Gasteiger partial charge in [-0.3, -0.25) is 0 Å². The summed E-state index contributed by atoms with van der Waals surface area (Å²) in [5, 5.41) is 0. The number of rotatable bonds is 2. The van der Waals surface area contributed by atoms with Crippen molar-refractivity contribution in [3.8, 4) is 17.2 Å². The molecule has 3 aliphatic heterocycles. The number of ether oxygens (including phenoxy) is 3. The molecule has 130 valence electrons. The summed E-state index contributed by atoms with van der Waals surface area (Å²) >= 11 is 0. The van der Waals surface area contributed by atoms with E-state index in [0.29, 0.717) is 6.61 Å². The number of hydrogen-bond acceptors (Lipinski definition) is 5. The molecule has 3 aliphatic rings. The van der Waals surface area contributed by atoms with Crippen molar-refractivity contribution in [2.45, 2.75) is 12.0 Å². The Morgan fingerprint density at radius 1 is 0.885 bits per heavy atom. The van der Waals surface area contributed by atoms with Gasteiger partial charge in [-0.25, -0.2) is 0 Å². The van der Waals surface area contributed by atoms with Crippen LogP contribution in [0.4, 0.5) is 5.69 Å². The molecule has 6 rings (SSSR count). The fourth-order valence-corrected chi connectivity index (χ4v) is 4.43. The molecule has 1 unspecified atom stereocenters. The van der Waals surface area contributed by atoms with Crippen LogP contribution in [0.25, 0.3) is 0 Å². The molecular weight excluding hydrogens is 330 g/mol. The number of fused-ring (bicyclic) bond motifs is 5. The van der Waals surface area contributed by atoms with E-state index in [1.807, 2.05) is 18.2 Å². The predicted octanol–water partition coefficient (Wildman–Crippen LogP) is 3.71. The van der Waals surface area contributed by atoms with E-state index in [1.54, 1.807) is 6.26 Å². The molecule has 26 heavy (non-hydrogen) atoms. The Kier molecular flexibility index (Phi) is 2.70. The molecule has 3 aromatic rings. The standard InChI is InChI=1S/C21H17NO4/c1-2-6-17-15(5-1)21(11-22(17)10-14-4-3-7-23-14)12-24-18-9-20-19(8-16(18)21)25-13-26-20/h1-9H,10-13H2. The molecule has 4 heterocycles. The number of furan rings is 1. The van der Waals surface area contributed by atoms with Gasteiger partial charge in [0.05, 0.1) is 18.2 Å². The van der Waals surface area contributed by atoms with E-state index in [9.17, 15) is 0 Å². The van der Waals surface area contributed by atoms with Gasteiger partial charge in [-0.15, -0.1) is 0 Å². The van der Waals surface area contributed by atoms with Gasteiger partial charge in [0, 0.05) is 23.9 Å². The van der Waals surface area contributed by atoms with Crippen LogP contribution in [0.2, 0.25) is 0 Å². The summed E-state index contributed by atoms with van der Waals surface area (Å²) < 4.78 is 22.8. The second-order valence-electron chi connectivity index (χ2n) is 7.02. The molecule has 0 saturated carbocycles. The van der Waals surface area contributed by atoms with E-state index >= 15 is 0 Å². The zero-order valence-corrected chi connectivity index (χ0v) is 14.1. The highest BCUT2D eigenvalue weighted by molar-refractivity contribution is 5.70. The lowest BCUT2D eigenvalue weighted by atomic mass is 9.77. The molecule has 0 N–H and O–H groups in total. The summed E-state index contributed by atoms with van der Waals surface area (Å²) in [6.45, 7) is 2.48. The minimum absolute atomic E-state index is 0.195. The number of para-hydroxylation sites is 1. The highest BCUT2D eigenvalue weighted by Gasteiger charge is 2.50. The molecule has 0 fully saturated rings. The summed E-state index contributed by atoms with van der Waals surface area (Å²) in [6, 6.07) is 16.6. The molecule has 5 nitrogen and oxygen atoms in total. The summed E-state index contributed by atoms with van der Waals surface area (Å²) in [6.07, 6.45) is 1.72. The average Bonchev–Trinajstić information content (AvgIpc) is 3.44. The largest absolute Gasteiger partial charge is 0.492 e. The molecule has 0 radical (unpaired) electrons. The van der Waals surface area contributed by atoms with E-state index < -0.39 is 0 Å². The third kappa shape index (κ3) is 1.80. The molecule has 1 spiro atoms. The first-order valence-corrected chi connectivity index (χ1v) is 8.77. The zero-order valence-electron chi connectivity index (χ0n) is 14.1. The molecule has 0 amide bonds. The van der Waals surface area contributed by atoms with Gasteiger partial charge in [0.15, 0.2) is 11.5 Å². The third-order valence-corrected chi connectivity index (χ3v) is 5.61. The molecule has 0 saturated heterocycles. The first-order valence-electron chi connectivity index (χ1n) is 8.77. The molecule has 2 aromatic carbocycles. The maximum absolute atomic E-state index is 6.12. The third-order valence-electron chi connectivity index (χ3n) is 5.61. The fourth-order valence-electron chi connectivity index (χ4n) is 4.43. The Morgan fingerprint density at radius 3 is 2.65 bits per heavy atom. The monoisotopic (exact) mass is 347 g/mol. The van der Waals surface area contributed by atoms with Crippen molar-refractivity contribution in [2.75, 3.05) is 24.8 Å². The van der Waals surface area contributed by atoms with Gasteiger partial charge in [0.25, 0.3) is 0 Å². The van der Waals surface area contributed by atoms with E-state index in [0.717, 1.165) is 36.1 Å². The van der Waals surface area contributed by atoms with Crippen molar-refractivity contribution in [3.63, 3.8) is 0 Å². The maximum Gasteiger partial charge on any atom is 0.231 e. The van der Waals surface area contributed by atoms with Crippen LogP contribution in [0.5, 0.6) is 17.2 Å². The van der Waals surface area contributed by atoms with E-state index in [4.69, 9.17) is 18.6 Å². The summed E-state index contributed by atoms with van der Waals surface area (Å²) in [4.78, 5) is 2.37. The van der Waals surface area contributed by atoms with Crippen LogP contribution in [0.1, 0.15) is 16.9 Å². The van der Waals surface area contributed by atoms with Gasteiger partial charge in [0.2, 0.25) is 6.79 Å². The smallest absolute Gasteiger partial charge is 0.231 e. The summed E-state index contributed by atoms with van der Waals surface area (Å²) in [5.41, 5.74) is 3.51. The molecule has 1 aromatic heterocycles. The van der Waals surface area contributed by atoms with Crippen LogP contribution in [0.15, 0.2) is 59.2 Å². The normalized spacial score (nSPS) is 21.8. The van der Waals surface area contributed by atoms with Crippen molar-refractivity contribution in [1.29, 1.82) is 0 Å². The van der Waals surface area contributed by atoms with Crippen LogP contribution >= 0.6 is 0 Å².